The number of benzene rings is 2. The van der Waals surface area contributed by atoms with E-state index in [1.807, 2.05) is 36.4 Å². The van der Waals surface area contributed by atoms with Crippen LogP contribution in [0.15, 0.2) is 52.0 Å². The lowest BCUT2D eigenvalue weighted by Crippen LogP contribution is -2.10. The first kappa shape index (κ1) is 13.5. The van der Waals surface area contributed by atoms with Gasteiger partial charge in [-0.1, -0.05) is 39.7 Å². The Balaban J connectivity index is 1.82. The lowest BCUT2D eigenvalue weighted by molar-refractivity contribution is 0.455. The Morgan fingerprint density at radius 1 is 1.20 bits per heavy atom. The molecule has 5 heteroatoms. The molecule has 1 heterocycles. The normalized spacial score (nSPS) is 17.7. The van der Waals surface area contributed by atoms with Crippen LogP contribution < -0.4 is 5.43 Å². The molecule has 0 spiro atoms. The molecule has 0 saturated heterocycles. The molecule has 0 unspecified atom stereocenters. The van der Waals surface area contributed by atoms with Crippen LogP contribution in [-0.4, -0.2) is 10.8 Å². The Labute approximate surface area is 130 Å². The molecule has 0 radical (unpaired) electrons. The smallest absolute Gasteiger partial charge is 0.120 e. The summed E-state index contributed by atoms with van der Waals surface area (Å²) in [6.45, 7) is 0. The molecule has 2 aromatic rings. The van der Waals surface area contributed by atoms with Gasteiger partial charge < -0.3 is 10.5 Å². The Kier molecular flexibility index (Phi) is 3.68. The lowest BCUT2D eigenvalue weighted by atomic mass is 9.98. The van der Waals surface area contributed by atoms with Gasteiger partial charge in [-0.15, -0.1) is 0 Å². The monoisotopic (exact) mass is 350 g/mol. The van der Waals surface area contributed by atoms with Crippen LogP contribution in [0.3, 0.4) is 0 Å². The number of rotatable bonds is 2. The first-order valence-electron chi connectivity index (χ1n) is 6.20. The predicted octanol–water partition coefficient (Wildman–Crippen LogP) is 4.25. The van der Waals surface area contributed by atoms with E-state index in [4.69, 9.17) is 11.6 Å². The number of hydrazone groups is 1. The maximum Gasteiger partial charge on any atom is 0.120 e. The molecule has 2 N–H and O–H groups in total. The van der Waals surface area contributed by atoms with Crippen LogP contribution in [0.25, 0.3) is 0 Å². The zero-order valence-electron chi connectivity index (χ0n) is 10.5. The zero-order chi connectivity index (χ0) is 14.1. The lowest BCUT2D eigenvalue weighted by Gasteiger charge is -2.12. The molecule has 0 aromatic heterocycles. The van der Waals surface area contributed by atoms with E-state index in [1.165, 1.54) is 0 Å². The number of halogens is 2. The van der Waals surface area contributed by atoms with E-state index in [-0.39, 0.29) is 11.8 Å². The second-order valence-electron chi connectivity index (χ2n) is 4.65. The fraction of sp³-hybridized carbons (Fsp3) is 0.133. The van der Waals surface area contributed by atoms with Crippen molar-refractivity contribution in [1.29, 1.82) is 0 Å². The number of hydrogen-bond donors (Lipinski definition) is 2. The van der Waals surface area contributed by atoms with Crippen molar-refractivity contribution in [2.75, 3.05) is 0 Å². The largest absolute Gasteiger partial charge is 0.508 e. The summed E-state index contributed by atoms with van der Waals surface area (Å²) in [6.07, 6.45) is 0.728. The van der Waals surface area contributed by atoms with Crippen LogP contribution in [0, 0.1) is 0 Å². The summed E-state index contributed by atoms with van der Waals surface area (Å²) in [5, 5.41) is 15.0. The number of phenols is 1. The predicted molar refractivity (Wildman–Crippen MR) is 84.3 cm³/mol. The average Bonchev–Trinajstić information content (AvgIpc) is 2.92. The Bertz CT molecular complexity index is 670. The van der Waals surface area contributed by atoms with Crippen molar-refractivity contribution >= 4 is 33.2 Å². The van der Waals surface area contributed by atoms with Crippen molar-refractivity contribution in [2.45, 2.75) is 12.5 Å². The third-order valence-corrected chi connectivity index (χ3v) is 4.04. The van der Waals surface area contributed by atoms with E-state index in [2.05, 4.69) is 26.5 Å². The van der Waals surface area contributed by atoms with Gasteiger partial charge in [-0.3, -0.25) is 0 Å². The van der Waals surface area contributed by atoms with Gasteiger partial charge in [-0.05, 0) is 35.9 Å². The molecule has 0 fully saturated rings. The molecule has 3 nitrogen and oxygen atoms in total. The minimum absolute atomic E-state index is 0.0156. The molecule has 0 amide bonds. The summed E-state index contributed by atoms with van der Waals surface area (Å²) in [5.74, 6) is 0.276. The van der Waals surface area contributed by atoms with Gasteiger partial charge in [0.2, 0.25) is 0 Å². The SMILES string of the molecule is Oc1ccc(Br)cc1[C@@H]1CC(c2ccc(Cl)cc2)=NN1. The fourth-order valence-electron chi connectivity index (χ4n) is 2.25. The minimum atomic E-state index is -0.0156. The molecule has 1 atom stereocenters. The number of nitrogens with one attached hydrogen (secondary N) is 1. The summed E-state index contributed by atoms with van der Waals surface area (Å²) < 4.78 is 0.937. The first-order valence-corrected chi connectivity index (χ1v) is 7.37. The Hall–Kier alpha value is -1.52. The summed E-state index contributed by atoms with van der Waals surface area (Å²) in [7, 11) is 0. The maximum atomic E-state index is 9.96. The van der Waals surface area contributed by atoms with Crippen molar-refractivity contribution < 1.29 is 5.11 Å². The van der Waals surface area contributed by atoms with Crippen molar-refractivity contribution in [3.63, 3.8) is 0 Å². The second kappa shape index (κ2) is 5.46. The van der Waals surface area contributed by atoms with E-state index in [1.54, 1.807) is 6.07 Å². The highest BCUT2D eigenvalue weighted by atomic mass is 79.9. The standard InChI is InChI=1S/C15H12BrClN2O/c16-10-3-6-15(20)12(7-10)14-8-13(18-19-14)9-1-4-11(17)5-2-9/h1-7,14,19-20H,8H2/t14-/m0/s1. The molecule has 0 saturated carbocycles. The van der Waals surface area contributed by atoms with E-state index in [0.29, 0.717) is 5.02 Å². The topological polar surface area (TPSA) is 44.6 Å². The van der Waals surface area contributed by atoms with Crippen LogP contribution in [0.2, 0.25) is 5.02 Å². The minimum Gasteiger partial charge on any atom is -0.508 e. The van der Waals surface area contributed by atoms with Crippen molar-refractivity contribution in [2.24, 2.45) is 5.10 Å². The van der Waals surface area contributed by atoms with Gasteiger partial charge in [-0.2, -0.15) is 5.10 Å². The third kappa shape index (κ3) is 2.67. The van der Waals surface area contributed by atoms with Gasteiger partial charge in [0.15, 0.2) is 0 Å². The number of aromatic hydroxyl groups is 1. The van der Waals surface area contributed by atoms with E-state index in [9.17, 15) is 5.11 Å². The number of phenolic OH excluding ortho intramolecular Hbond substituents is 1. The highest BCUT2D eigenvalue weighted by molar-refractivity contribution is 9.10. The Morgan fingerprint density at radius 3 is 2.70 bits per heavy atom. The van der Waals surface area contributed by atoms with Gasteiger partial charge in [0.25, 0.3) is 0 Å². The van der Waals surface area contributed by atoms with Crippen LogP contribution in [-0.2, 0) is 0 Å². The van der Waals surface area contributed by atoms with Crippen LogP contribution in [0.5, 0.6) is 5.75 Å². The molecular formula is C15H12BrClN2O. The number of hydrogen-bond acceptors (Lipinski definition) is 3. The van der Waals surface area contributed by atoms with Crippen molar-refractivity contribution in [3.05, 3.63) is 63.1 Å². The van der Waals surface area contributed by atoms with Gasteiger partial charge >= 0.3 is 0 Å². The van der Waals surface area contributed by atoms with Gasteiger partial charge in [-0.25, -0.2) is 0 Å². The van der Waals surface area contributed by atoms with Crippen LogP contribution in [0.1, 0.15) is 23.6 Å². The van der Waals surface area contributed by atoms with E-state index in [0.717, 1.165) is 27.7 Å². The van der Waals surface area contributed by atoms with Crippen LogP contribution in [0.4, 0.5) is 0 Å². The fourth-order valence-corrected chi connectivity index (χ4v) is 2.75. The molecule has 2 aromatic carbocycles. The van der Waals surface area contributed by atoms with Crippen molar-refractivity contribution in [1.82, 2.24) is 5.43 Å². The summed E-state index contributed by atoms with van der Waals surface area (Å²) in [6, 6.07) is 13.0. The van der Waals surface area contributed by atoms with E-state index >= 15 is 0 Å². The molecule has 0 aliphatic carbocycles. The highest BCUT2D eigenvalue weighted by Crippen LogP contribution is 2.32. The molecule has 20 heavy (non-hydrogen) atoms. The maximum absolute atomic E-state index is 9.96. The van der Waals surface area contributed by atoms with Crippen molar-refractivity contribution in [3.8, 4) is 5.75 Å². The zero-order valence-corrected chi connectivity index (χ0v) is 12.8. The molecule has 1 aliphatic heterocycles. The summed E-state index contributed by atoms with van der Waals surface area (Å²) in [5.41, 5.74) is 5.92. The average molecular weight is 352 g/mol. The molecule has 102 valence electrons. The van der Waals surface area contributed by atoms with Crippen LogP contribution >= 0.6 is 27.5 Å². The highest BCUT2D eigenvalue weighted by Gasteiger charge is 2.23. The van der Waals surface area contributed by atoms with E-state index < -0.39 is 0 Å². The summed E-state index contributed by atoms with van der Waals surface area (Å²) >= 11 is 9.31. The first-order chi connectivity index (χ1) is 9.63. The third-order valence-electron chi connectivity index (χ3n) is 3.30. The second-order valence-corrected chi connectivity index (χ2v) is 6.01. The molecule has 0 bridgehead atoms. The molecule has 3 rings (SSSR count). The van der Waals surface area contributed by atoms with Gasteiger partial charge in [0.1, 0.15) is 5.75 Å². The molecule has 1 aliphatic rings. The quantitative estimate of drug-likeness (QED) is 0.849. The molecular weight excluding hydrogens is 340 g/mol. The summed E-state index contributed by atoms with van der Waals surface area (Å²) in [4.78, 5) is 0. The number of nitrogens with zero attached hydrogens (tertiary/aromatic N) is 1. The van der Waals surface area contributed by atoms with Gasteiger partial charge in [0, 0.05) is 21.5 Å². The Morgan fingerprint density at radius 2 is 1.95 bits per heavy atom. The van der Waals surface area contributed by atoms with Gasteiger partial charge in [0.05, 0.1) is 11.8 Å².